The zero-order valence-corrected chi connectivity index (χ0v) is 9.84. The van der Waals surface area contributed by atoms with Crippen LogP contribution in [0.15, 0.2) is 0 Å². The molecule has 17 heavy (non-hydrogen) atoms. The second kappa shape index (κ2) is 4.91. The van der Waals surface area contributed by atoms with Gasteiger partial charge in [-0.05, 0) is 18.9 Å². The minimum atomic E-state index is -0.786. The van der Waals surface area contributed by atoms with E-state index in [0.717, 1.165) is 19.5 Å². The van der Waals surface area contributed by atoms with Crippen molar-refractivity contribution >= 4 is 12.0 Å². The first-order chi connectivity index (χ1) is 8.10. The van der Waals surface area contributed by atoms with E-state index in [9.17, 15) is 9.59 Å². The predicted octanol–water partition coefficient (Wildman–Crippen LogP) is -0.206. The number of nitrogens with two attached hydrogens (primary N) is 1. The largest absolute Gasteiger partial charge is 0.481 e. The van der Waals surface area contributed by atoms with Crippen molar-refractivity contribution in [2.24, 2.45) is 17.6 Å². The summed E-state index contributed by atoms with van der Waals surface area (Å²) in [5.41, 5.74) is 5.58. The average molecular weight is 241 g/mol. The van der Waals surface area contributed by atoms with E-state index in [-0.39, 0.29) is 18.4 Å². The summed E-state index contributed by atoms with van der Waals surface area (Å²) >= 11 is 0. The molecule has 2 aliphatic rings. The summed E-state index contributed by atoms with van der Waals surface area (Å²) in [7, 11) is 0. The van der Waals surface area contributed by atoms with Gasteiger partial charge in [-0.2, -0.15) is 0 Å². The summed E-state index contributed by atoms with van der Waals surface area (Å²) in [6.45, 7) is 3.31. The molecule has 0 saturated carbocycles. The molecule has 0 aromatic heterocycles. The van der Waals surface area contributed by atoms with E-state index in [0.29, 0.717) is 25.6 Å². The standard InChI is InChI=1S/C11H19N3O3/c12-4-8-1-2-13(5-8)11(17)14-6-9(7-14)3-10(15)16/h8-9H,1-7,12H2,(H,15,16). The van der Waals surface area contributed by atoms with Gasteiger partial charge in [0.15, 0.2) is 0 Å². The molecule has 96 valence electrons. The highest BCUT2D eigenvalue weighted by molar-refractivity contribution is 5.76. The molecule has 0 radical (unpaired) electrons. The Hall–Kier alpha value is -1.30. The summed E-state index contributed by atoms with van der Waals surface area (Å²) in [5.74, 6) is -0.231. The summed E-state index contributed by atoms with van der Waals surface area (Å²) in [5, 5.41) is 8.62. The average Bonchev–Trinajstić information content (AvgIpc) is 2.70. The molecular formula is C11H19N3O3. The van der Waals surface area contributed by atoms with Gasteiger partial charge < -0.3 is 20.6 Å². The molecule has 6 nitrogen and oxygen atoms in total. The smallest absolute Gasteiger partial charge is 0.320 e. The zero-order valence-electron chi connectivity index (χ0n) is 9.84. The van der Waals surface area contributed by atoms with Gasteiger partial charge in [0.2, 0.25) is 0 Å². The Kier molecular flexibility index (Phi) is 3.51. The van der Waals surface area contributed by atoms with Gasteiger partial charge >= 0.3 is 12.0 Å². The van der Waals surface area contributed by atoms with Crippen LogP contribution in [0.5, 0.6) is 0 Å². The van der Waals surface area contributed by atoms with Gasteiger partial charge in [0.1, 0.15) is 0 Å². The Morgan fingerprint density at radius 3 is 2.35 bits per heavy atom. The van der Waals surface area contributed by atoms with E-state index in [1.54, 1.807) is 4.90 Å². The quantitative estimate of drug-likeness (QED) is 0.716. The van der Waals surface area contributed by atoms with Crippen LogP contribution in [-0.2, 0) is 4.79 Å². The molecule has 0 spiro atoms. The van der Waals surface area contributed by atoms with Crippen LogP contribution in [0.25, 0.3) is 0 Å². The van der Waals surface area contributed by atoms with Gasteiger partial charge in [-0.1, -0.05) is 0 Å². The van der Waals surface area contributed by atoms with Crippen LogP contribution in [0, 0.1) is 11.8 Å². The van der Waals surface area contributed by atoms with Gasteiger partial charge in [-0.15, -0.1) is 0 Å². The number of carboxylic acids is 1. The maximum atomic E-state index is 12.0. The van der Waals surface area contributed by atoms with Crippen LogP contribution in [0.4, 0.5) is 4.79 Å². The number of hydrogen-bond acceptors (Lipinski definition) is 3. The zero-order chi connectivity index (χ0) is 12.4. The molecule has 0 bridgehead atoms. The van der Waals surface area contributed by atoms with E-state index in [2.05, 4.69) is 0 Å². The molecule has 2 aliphatic heterocycles. The van der Waals surface area contributed by atoms with Gasteiger partial charge in [0.25, 0.3) is 0 Å². The van der Waals surface area contributed by atoms with Gasteiger partial charge in [0, 0.05) is 32.1 Å². The number of nitrogens with zero attached hydrogens (tertiary/aromatic N) is 2. The number of urea groups is 1. The maximum absolute atomic E-state index is 12.0. The van der Waals surface area contributed by atoms with E-state index >= 15 is 0 Å². The third-order valence-electron chi connectivity index (χ3n) is 3.58. The monoisotopic (exact) mass is 241 g/mol. The molecule has 1 unspecified atom stereocenters. The van der Waals surface area contributed by atoms with Crippen LogP contribution in [0.3, 0.4) is 0 Å². The van der Waals surface area contributed by atoms with Gasteiger partial charge in [-0.3, -0.25) is 4.79 Å². The first kappa shape index (κ1) is 12.2. The summed E-state index contributed by atoms with van der Waals surface area (Å²) < 4.78 is 0. The Morgan fingerprint density at radius 1 is 1.18 bits per heavy atom. The molecule has 2 rings (SSSR count). The summed E-state index contributed by atoms with van der Waals surface area (Å²) in [4.78, 5) is 26.0. The minimum Gasteiger partial charge on any atom is -0.481 e. The van der Waals surface area contributed by atoms with E-state index in [4.69, 9.17) is 10.8 Å². The third kappa shape index (κ3) is 2.69. The van der Waals surface area contributed by atoms with Crippen molar-refractivity contribution < 1.29 is 14.7 Å². The molecule has 1 atom stereocenters. The molecule has 6 heteroatoms. The lowest BCUT2D eigenvalue weighted by Gasteiger charge is -2.40. The molecule has 0 aromatic rings. The van der Waals surface area contributed by atoms with Crippen LogP contribution in [0.2, 0.25) is 0 Å². The number of carbonyl (C=O) groups is 2. The molecule has 2 heterocycles. The lowest BCUT2D eigenvalue weighted by molar-refractivity contribution is -0.139. The number of aliphatic carboxylic acids is 1. The van der Waals surface area contributed by atoms with Crippen molar-refractivity contribution in [3.8, 4) is 0 Å². The molecule has 0 aliphatic carbocycles. The Balaban J connectivity index is 1.74. The Bertz CT molecular complexity index is 315. The van der Waals surface area contributed by atoms with Crippen LogP contribution in [-0.4, -0.2) is 59.6 Å². The van der Waals surface area contributed by atoms with Gasteiger partial charge in [-0.25, -0.2) is 4.79 Å². The first-order valence-electron chi connectivity index (χ1n) is 6.06. The lowest BCUT2D eigenvalue weighted by Crippen LogP contribution is -2.54. The highest BCUT2D eigenvalue weighted by atomic mass is 16.4. The molecule has 2 saturated heterocycles. The van der Waals surface area contributed by atoms with Crippen molar-refractivity contribution in [1.82, 2.24) is 9.80 Å². The molecule has 0 aromatic carbocycles. The third-order valence-corrected chi connectivity index (χ3v) is 3.58. The fraction of sp³-hybridized carbons (Fsp3) is 0.818. The van der Waals surface area contributed by atoms with Gasteiger partial charge in [0.05, 0.1) is 6.42 Å². The molecule has 2 fully saturated rings. The highest BCUT2D eigenvalue weighted by Gasteiger charge is 2.36. The molecule has 2 amide bonds. The Morgan fingerprint density at radius 2 is 1.82 bits per heavy atom. The number of likely N-dealkylation sites (tertiary alicyclic amines) is 2. The highest BCUT2D eigenvalue weighted by Crippen LogP contribution is 2.23. The predicted molar refractivity (Wildman–Crippen MR) is 61.4 cm³/mol. The van der Waals surface area contributed by atoms with Crippen molar-refractivity contribution in [1.29, 1.82) is 0 Å². The first-order valence-corrected chi connectivity index (χ1v) is 6.06. The van der Waals surface area contributed by atoms with E-state index in [1.807, 2.05) is 4.90 Å². The SMILES string of the molecule is NCC1CCN(C(=O)N2CC(CC(=O)O)C2)C1. The Labute approximate surface area is 100 Å². The maximum Gasteiger partial charge on any atom is 0.320 e. The minimum absolute atomic E-state index is 0.0441. The van der Waals surface area contributed by atoms with E-state index < -0.39 is 5.97 Å². The summed E-state index contributed by atoms with van der Waals surface area (Å²) in [6.07, 6.45) is 1.14. The molecule has 3 N–H and O–H groups in total. The van der Waals surface area contributed by atoms with Crippen molar-refractivity contribution in [2.75, 3.05) is 32.7 Å². The normalized spacial score (nSPS) is 24.9. The lowest BCUT2D eigenvalue weighted by atomic mass is 9.97. The second-order valence-electron chi connectivity index (χ2n) is 4.99. The van der Waals surface area contributed by atoms with Crippen molar-refractivity contribution in [3.05, 3.63) is 0 Å². The van der Waals surface area contributed by atoms with Crippen LogP contribution >= 0.6 is 0 Å². The fourth-order valence-corrected chi connectivity index (χ4v) is 2.50. The van der Waals surface area contributed by atoms with Crippen molar-refractivity contribution in [2.45, 2.75) is 12.8 Å². The second-order valence-corrected chi connectivity index (χ2v) is 4.99. The van der Waals surface area contributed by atoms with Crippen LogP contribution < -0.4 is 5.73 Å². The van der Waals surface area contributed by atoms with E-state index in [1.165, 1.54) is 0 Å². The molecular weight excluding hydrogens is 222 g/mol. The number of amides is 2. The fourth-order valence-electron chi connectivity index (χ4n) is 2.50. The number of rotatable bonds is 3. The number of carbonyl (C=O) groups excluding carboxylic acids is 1. The van der Waals surface area contributed by atoms with Crippen molar-refractivity contribution in [3.63, 3.8) is 0 Å². The van der Waals surface area contributed by atoms with Crippen LogP contribution in [0.1, 0.15) is 12.8 Å². The summed E-state index contributed by atoms with van der Waals surface area (Å²) in [6, 6.07) is 0.0441. The number of hydrogen-bond donors (Lipinski definition) is 2. The topological polar surface area (TPSA) is 86.9 Å². The number of carboxylic acid groups (broad SMARTS) is 1.